The van der Waals surface area contributed by atoms with Gasteiger partial charge >= 0.3 is 0 Å². The molecule has 0 aliphatic rings. The number of carbonyl (C=O) groups is 1. The fraction of sp³-hybridized carbons (Fsp3) is 0.364. The molecule has 1 unspecified atom stereocenters. The van der Waals surface area contributed by atoms with E-state index in [2.05, 4.69) is 21.2 Å². The molecule has 4 heteroatoms. The summed E-state index contributed by atoms with van der Waals surface area (Å²) in [4.78, 5) is 11.0. The lowest BCUT2D eigenvalue weighted by Gasteiger charge is -2.17. The number of hydrogen-bond acceptors (Lipinski definition) is 2. The number of nitrogens with one attached hydrogen (secondary N) is 1. The third kappa shape index (κ3) is 4.01. The first-order chi connectivity index (χ1) is 7.13. The van der Waals surface area contributed by atoms with Gasteiger partial charge in [0, 0.05) is 18.5 Å². The Balaban J connectivity index is 2.83. The van der Waals surface area contributed by atoms with E-state index in [0.717, 1.165) is 10.0 Å². The highest BCUT2D eigenvalue weighted by Crippen LogP contribution is 2.18. The third-order valence-corrected chi connectivity index (χ3v) is 2.46. The van der Waals surface area contributed by atoms with Crippen LogP contribution in [0.4, 0.5) is 0 Å². The van der Waals surface area contributed by atoms with E-state index in [1.54, 1.807) is 7.11 Å². The van der Waals surface area contributed by atoms with Crippen molar-refractivity contribution in [1.29, 1.82) is 0 Å². The van der Waals surface area contributed by atoms with E-state index >= 15 is 0 Å². The molecule has 1 rings (SSSR count). The molecule has 1 atom stereocenters. The van der Waals surface area contributed by atoms with Crippen molar-refractivity contribution in [2.45, 2.75) is 13.0 Å². The summed E-state index contributed by atoms with van der Waals surface area (Å²) < 4.78 is 6.06. The molecule has 3 nitrogen and oxygen atoms in total. The normalized spacial score (nSPS) is 12.2. The Morgan fingerprint density at radius 2 is 2.33 bits per heavy atom. The first kappa shape index (κ1) is 12.2. The average Bonchev–Trinajstić information content (AvgIpc) is 2.16. The van der Waals surface area contributed by atoms with Crippen LogP contribution in [0.3, 0.4) is 0 Å². The van der Waals surface area contributed by atoms with Crippen LogP contribution < -0.4 is 5.32 Å². The van der Waals surface area contributed by atoms with Gasteiger partial charge in [-0.1, -0.05) is 28.1 Å². The second-order valence-electron chi connectivity index (χ2n) is 3.26. The van der Waals surface area contributed by atoms with E-state index in [9.17, 15) is 4.79 Å². The summed E-state index contributed by atoms with van der Waals surface area (Å²) in [5.74, 6) is -0.0583. The van der Waals surface area contributed by atoms with Crippen molar-refractivity contribution in [2.24, 2.45) is 0 Å². The minimum Gasteiger partial charge on any atom is -0.382 e. The highest BCUT2D eigenvalue weighted by atomic mass is 79.9. The fourth-order valence-corrected chi connectivity index (χ4v) is 1.77. The number of benzene rings is 1. The molecule has 0 aromatic heterocycles. The predicted molar refractivity (Wildman–Crippen MR) is 62.6 cm³/mol. The van der Waals surface area contributed by atoms with Gasteiger partial charge in [-0.25, -0.2) is 0 Å². The largest absolute Gasteiger partial charge is 0.382 e. The fourth-order valence-electron chi connectivity index (χ4n) is 1.36. The molecule has 0 bridgehead atoms. The molecule has 0 fully saturated rings. The summed E-state index contributed by atoms with van der Waals surface area (Å²) in [7, 11) is 1.62. The maximum Gasteiger partial charge on any atom is 0.217 e. The van der Waals surface area contributed by atoms with Crippen molar-refractivity contribution < 1.29 is 9.53 Å². The predicted octanol–water partition coefficient (Wildman–Crippen LogP) is 2.27. The standard InChI is InChI=1S/C11H14BrNO2/c1-8(14)13-11(7-15-2)9-4-3-5-10(12)6-9/h3-6,11H,7H2,1-2H3,(H,13,14). The van der Waals surface area contributed by atoms with Crippen LogP contribution in [0.15, 0.2) is 28.7 Å². The van der Waals surface area contributed by atoms with Crippen LogP contribution in [-0.4, -0.2) is 19.6 Å². The number of amides is 1. The molecule has 0 aliphatic carbocycles. The second-order valence-corrected chi connectivity index (χ2v) is 4.18. The molecule has 0 radical (unpaired) electrons. The summed E-state index contributed by atoms with van der Waals surface area (Å²) in [5, 5.41) is 2.84. The molecule has 0 saturated carbocycles. The Bertz CT molecular complexity index is 341. The Morgan fingerprint density at radius 1 is 1.60 bits per heavy atom. The van der Waals surface area contributed by atoms with E-state index < -0.39 is 0 Å². The van der Waals surface area contributed by atoms with Gasteiger partial charge in [0.2, 0.25) is 5.91 Å². The van der Waals surface area contributed by atoms with Crippen molar-refractivity contribution in [1.82, 2.24) is 5.32 Å². The zero-order chi connectivity index (χ0) is 11.3. The number of rotatable bonds is 4. The lowest BCUT2D eigenvalue weighted by molar-refractivity contribution is -0.120. The van der Waals surface area contributed by atoms with E-state index in [0.29, 0.717) is 6.61 Å². The monoisotopic (exact) mass is 271 g/mol. The van der Waals surface area contributed by atoms with Gasteiger partial charge < -0.3 is 10.1 Å². The quantitative estimate of drug-likeness (QED) is 0.913. The van der Waals surface area contributed by atoms with Gasteiger partial charge in [-0.05, 0) is 17.7 Å². The highest BCUT2D eigenvalue weighted by Gasteiger charge is 2.12. The van der Waals surface area contributed by atoms with Crippen molar-refractivity contribution >= 4 is 21.8 Å². The maximum atomic E-state index is 11.0. The molecule has 0 heterocycles. The van der Waals surface area contributed by atoms with E-state index in [4.69, 9.17) is 4.74 Å². The van der Waals surface area contributed by atoms with Gasteiger partial charge in [0.25, 0.3) is 0 Å². The zero-order valence-electron chi connectivity index (χ0n) is 8.79. The molecule has 0 saturated heterocycles. The number of carbonyl (C=O) groups excluding carboxylic acids is 1. The van der Waals surface area contributed by atoms with Crippen molar-refractivity contribution in [3.63, 3.8) is 0 Å². The van der Waals surface area contributed by atoms with Gasteiger partial charge in [-0.3, -0.25) is 4.79 Å². The van der Waals surface area contributed by atoms with Crippen LogP contribution in [0.5, 0.6) is 0 Å². The van der Waals surface area contributed by atoms with Gasteiger partial charge in [-0.15, -0.1) is 0 Å². The van der Waals surface area contributed by atoms with E-state index in [1.807, 2.05) is 24.3 Å². The Kier molecular flexibility index (Phi) is 4.78. The van der Waals surface area contributed by atoms with Crippen LogP contribution in [0.25, 0.3) is 0 Å². The number of ether oxygens (including phenoxy) is 1. The van der Waals surface area contributed by atoms with Crippen molar-refractivity contribution in [2.75, 3.05) is 13.7 Å². The molecule has 82 valence electrons. The highest BCUT2D eigenvalue weighted by molar-refractivity contribution is 9.10. The molecule has 1 N–H and O–H groups in total. The summed E-state index contributed by atoms with van der Waals surface area (Å²) in [6.45, 7) is 1.97. The molecule has 1 amide bonds. The molecule has 0 spiro atoms. The lowest BCUT2D eigenvalue weighted by atomic mass is 10.1. The van der Waals surface area contributed by atoms with Gasteiger partial charge in [0.05, 0.1) is 12.6 Å². The lowest BCUT2D eigenvalue weighted by Crippen LogP contribution is -2.29. The number of halogens is 1. The first-order valence-corrected chi connectivity index (χ1v) is 5.44. The van der Waals surface area contributed by atoms with Crippen LogP contribution in [0.2, 0.25) is 0 Å². The summed E-state index contributed by atoms with van der Waals surface area (Å²) in [6, 6.07) is 7.72. The second kappa shape index (κ2) is 5.88. The topological polar surface area (TPSA) is 38.3 Å². The molecule has 0 aliphatic heterocycles. The van der Waals surface area contributed by atoms with E-state index in [-0.39, 0.29) is 11.9 Å². The average molecular weight is 272 g/mol. The Labute approximate surface area is 97.9 Å². The van der Waals surface area contributed by atoms with E-state index in [1.165, 1.54) is 6.92 Å². The van der Waals surface area contributed by atoms with Gasteiger partial charge in [0.1, 0.15) is 0 Å². The minimum atomic E-state index is -0.0926. The van der Waals surface area contributed by atoms with Crippen LogP contribution in [-0.2, 0) is 9.53 Å². The molecular weight excluding hydrogens is 258 g/mol. The molecule has 1 aromatic carbocycles. The van der Waals surface area contributed by atoms with Crippen LogP contribution in [0, 0.1) is 0 Å². The van der Waals surface area contributed by atoms with Crippen LogP contribution in [0.1, 0.15) is 18.5 Å². The molecule has 15 heavy (non-hydrogen) atoms. The third-order valence-electron chi connectivity index (χ3n) is 1.96. The zero-order valence-corrected chi connectivity index (χ0v) is 10.4. The Morgan fingerprint density at radius 3 is 2.87 bits per heavy atom. The SMILES string of the molecule is COCC(NC(C)=O)c1cccc(Br)c1. The van der Waals surface area contributed by atoms with Gasteiger partial charge in [-0.2, -0.15) is 0 Å². The first-order valence-electron chi connectivity index (χ1n) is 4.65. The number of hydrogen-bond donors (Lipinski definition) is 1. The summed E-state index contributed by atoms with van der Waals surface area (Å²) >= 11 is 3.39. The van der Waals surface area contributed by atoms with Gasteiger partial charge in [0.15, 0.2) is 0 Å². The molecular formula is C11H14BrNO2. The van der Waals surface area contributed by atoms with Crippen molar-refractivity contribution in [3.8, 4) is 0 Å². The smallest absolute Gasteiger partial charge is 0.217 e. The summed E-state index contributed by atoms with van der Waals surface area (Å²) in [5.41, 5.74) is 1.03. The van der Waals surface area contributed by atoms with Crippen molar-refractivity contribution in [3.05, 3.63) is 34.3 Å². The summed E-state index contributed by atoms with van der Waals surface area (Å²) in [6.07, 6.45) is 0. The minimum absolute atomic E-state index is 0.0583. The molecule has 1 aromatic rings. The number of methoxy groups -OCH3 is 1. The van der Waals surface area contributed by atoms with Crippen LogP contribution >= 0.6 is 15.9 Å². The Hall–Kier alpha value is -0.870. The maximum absolute atomic E-state index is 11.0.